The van der Waals surface area contributed by atoms with Crippen LogP contribution in [0.5, 0.6) is 0 Å². The molecule has 9 rings (SSSR count). The minimum absolute atomic E-state index is 0.323. The average Bonchev–Trinajstić information content (AvgIpc) is 3.72. The highest BCUT2D eigenvalue weighted by atomic mass is 79.9. The Labute approximate surface area is 293 Å². The molecule has 0 saturated carbocycles. The molecule has 1 saturated heterocycles. The highest BCUT2D eigenvalue weighted by Gasteiger charge is 2.51. The molecule has 6 aromatic rings. The summed E-state index contributed by atoms with van der Waals surface area (Å²) in [5, 5.41) is 0. The summed E-state index contributed by atoms with van der Waals surface area (Å²) in [6, 6.07) is 48.0. The van der Waals surface area contributed by atoms with Crippen molar-refractivity contribution in [1.82, 2.24) is 0 Å². The van der Waals surface area contributed by atoms with Crippen LogP contribution >= 0.6 is 15.9 Å². The zero-order valence-electron chi connectivity index (χ0n) is 27.9. The van der Waals surface area contributed by atoms with E-state index in [4.69, 9.17) is 9.31 Å². The lowest BCUT2D eigenvalue weighted by molar-refractivity contribution is 0.00578. The van der Waals surface area contributed by atoms with Crippen LogP contribution in [0.3, 0.4) is 0 Å². The van der Waals surface area contributed by atoms with Gasteiger partial charge < -0.3 is 9.31 Å². The van der Waals surface area contributed by atoms with Gasteiger partial charge in [-0.3, -0.25) is 0 Å². The van der Waals surface area contributed by atoms with Crippen molar-refractivity contribution in [1.29, 1.82) is 0 Å². The Kier molecular flexibility index (Phi) is 7.79. The molecule has 0 unspecified atom stereocenters. The quantitative estimate of drug-likeness (QED) is 0.172. The molecule has 1 heterocycles. The maximum atomic E-state index is 6.27. The van der Waals surface area contributed by atoms with E-state index < -0.39 is 0 Å². The summed E-state index contributed by atoms with van der Waals surface area (Å²) in [6.45, 7) is 8.40. The van der Waals surface area contributed by atoms with Gasteiger partial charge in [0.1, 0.15) is 0 Å². The third kappa shape index (κ3) is 5.66. The minimum Gasteiger partial charge on any atom is -0.399 e. The number of hydrogen-bond acceptors (Lipinski definition) is 2. The van der Waals surface area contributed by atoms with Crippen LogP contribution < -0.4 is 5.46 Å². The summed E-state index contributed by atoms with van der Waals surface area (Å²) in [7, 11) is -0.323. The Morgan fingerprint density at radius 3 is 1.38 bits per heavy atom. The second-order valence-electron chi connectivity index (χ2n) is 14.1. The van der Waals surface area contributed by atoms with Crippen molar-refractivity contribution in [3.8, 4) is 44.5 Å². The molecule has 0 aromatic heterocycles. The zero-order valence-corrected chi connectivity index (χ0v) is 29.5. The maximum Gasteiger partial charge on any atom is 0.494 e. The Morgan fingerprint density at radius 2 is 0.875 bits per heavy atom. The van der Waals surface area contributed by atoms with Crippen LogP contribution in [0.1, 0.15) is 49.9 Å². The molecule has 0 N–H and O–H groups in total. The molecule has 236 valence electrons. The topological polar surface area (TPSA) is 18.5 Å². The Hall–Kier alpha value is -4.22. The van der Waals surface area contributed by atoms with Crippen LogP contribution in [0, 0.1) is 0 Å². The molecular weight excluding hydrogens is 651 g/mol. The van der Waals surface area contributed by atoms with Gasteiger partial charge in [-0.05, 0) is 137 Å². The molecule has 2 aliphatic carbocycles. The van der Waals surface area contributed by atoms with Crippen molar-refractivity contribution in [3.05, 3.63) is 160 Å². The molecule has 0 amide bonds. The molecule has 6 aromatic carbocycles. The summed E-state index contributed by atoms with van der Waals surface area (Å²) >= 11 is 3.58. The summed E-state index contributed by atoms with van der Waals surface area (Å²) in [4.78, 5) is 0. The first kappa shape index (κ1) is 31.1. The average molecular weight is 690 g/mol. The van der Waals surface area contributed by atoms with E-state index in [-0.39, 0.29) is 18.3 Å². The van der Waals surface area contributed by atoms with Gasteiger partial charge in [0.05, 0.1) is 11.2 Å². The van der Waals surface area contributed by atoms with E-state index in [1.54, 1.807) is 0 Å². The number of benzene rings is 6. The highest BCUT2D eigenvalue weighted by molar-refractivity contribution is 9.10. The van der Waals surface area contributed by atoms with Gasteiger partial charge in [0.25, 0.3) is 0 Å². The van der Waals surface area contributed by atoms with Gasteiger partial charge in [0, 0.05) is 4.47 Å². The molecule has 0 radical (unpaired) electrons. The fourth-order valence-electron chi connectivity index (χ4n) is 7.07. The van der Waals surface area contributed by atoms with Gasteiger partial charge >= 0.3 is 7.12 Å². The van der Waals surface area contributed by atoms with Gasteiger partial charge in [-0.2, -0.15) is 0 Å². The smallest absolute Gasteiger partial charge is 0.399 e. The van der Waals surface area contributed by atoms with Crippen LogP contribution in [0.25, 0.3) is 44.5 Å². The fourth-order valence-corrected chi connectivity index (χ4v) is 7.43. The van der Waals surface area contributed by atoms with E-state index in [2.05, 4.69) is 177 Å². The first-order valence-electron chi connectivity index (χ1n) is 16.8. The summed E-state index contributed by atoms with van der Waals surface area (Å²) < 4.78 is 13.7. The molecule has 48 heavy (non-hydrogen) atoms. The van der Waals surface area contributed by atoms with Crippen molar-refractivity contribution < 1.29 is 9.31 Å². The molecule has 4 heteroatoms. The minimum atomic E-state index is -0.324. The third-order valence-electron chi connectivity index (χ3n) is 10.5. The second-order valence-corrected chi connectivity index (χ2v) is 15.1. The third-order valence-corrected chi connectivity index (χ3v) is 11.0. The van der Waals surface area contributed by atoms with E-state index in [0.29, 0.717) is 0 Å². The van der Waals surface area contributed by atoms with E-state index in [1.165, 1.54) is 66.8 Å². The molecule has 1 fully saturated rings. The number of fused-ring (bicyclic) bond motifs is 6. The molecule has 2 nitrogen and oxygen atoms in total. The van der Waals surface area contributed by atoms with Crippen molar-refractivity contribution in [2.24, 2.45) is 0 Å². The lowest BCUT2D eigenvalue weighted by atomic mass is 9.77. The van der Waals surface area contributed by atoms with E-state index in [1.807, 2.05) is 0 Å². The molecule has 0 bridgehead atoms. The van der Waals surface area contributed by atoms with E-state index in [0.717, 1.165) is 22.8 Å². The molecular formula is C44H38BBrO2. The maximum absolute atomic E-state index is 6.27. The summed E-state index contributed by atoms with van der Waals surface area (Å²) in [5.74, 6) is 0. The van der Waals surface area contributed by atoms with Crippen molar-refractivity contribution in [3.63, 3.8) is 0 Å². The first-order valence-corrected chi connectivity index (χ1v) is 17.6. The number of halogens is 1. The molecule has 3 aliphatic rings. The molecule has 0 atom stereocenters. The molecule has 1 aliphatic heterocycles. The van der Waals surface area contributed by atoms with Gasteiger partial charge in [0.15, 0.2) is 0 Å². The fraction of sp³-hybridized carbons (Fsp3) is 0.182. The van der Waals surface area contributed by atoms with Gasteiger partial charge in [-0.15, -0.1) is 0 Å². The van der Waals surface area contributed by atoms with Crippen LogP contribution in [0.2, 0.25) is 0 Å². The van der Waals surface area contributed by atoms with E-state index >= 15 is 0 Å². The van der Waals surface area contributed by atoms with E-state index in [9.17, 15) is 0 Å². The van der Waals surface area contributed by atoms with Crippen LogP contribution in [-0.4, -0.2) is 18.3 Å². The van der Waals surface area contributed by atoms with Crippen LogP contribution in [0.15, 0.2) is 138 Å². The van der Waals surface area contributed by atoms with Gasteiger partial charge in [-0.25, -0.2) is 0 Å². The Bertz CT molecular complexity index is 2140. The normalized spacial score (nSPS) is 16.0. The Balaban J connectivity index is 0.000000148. The van der Waals surface area contributed by atoms with Crippen molar-refractivity contribution in [2.75, 3.05) is 0 Å². The first-order chi connectivity index (χ1) is 23.1. The largest absolute Gasteiger partial charge is 0.494 e. The van der Waals surface area contributed by atoms with Crippen molar-refractivity contribution >= 4 is 28.5 Å². The lowest BCUT2D eigenvalue weighted by Crippen LogP contribution is -2.41. The predicted molar refractivity (Wildman–Crippen MR) is 204 cm³/mol. The molecule has 0 spiro atoms. The van der Waals surface area contributed by atoms with Crippen molar-refractivity contribution in [2.45, 2.75) is 51.7 Å². The summed E-state index contributed by atoms with van der Waals surface area (Å²) in [6.07, 6.45) is 2.04. The lowest BCUT2D eigenvalue weighted by Gasteiger charge is -2.32. The number of hydrogen-bond donors (Lipinski definition) is 0. The van der Waals surface area contributed by atoms with Gasteiger partial charge in [0.2, 0.25) is 0 Å². The summed E-state index contributed by atoms with van der Waals surface area (Å²) in [5.41, 5.74) is 16.5. The zero-order chi connectivity index (χ0) is 33.0. The Morgan fingerprint density at radius 1 is 0.458 bits per heavy atom. The van der Waals surface area contributed by atoms with Gasteiger partial charge in [-0.1, -0.05) is 125 Å². The standard InChI is InChI=1S/C25H25BO2.C19H13Br/c1-24(2)25(3,4)28-26(27-24)21-13-12-20-14-19-11-10-18(15-22(19)23(20)16-21)17-8-6-5-7-9-17;20-17-9-8-16-10-15-7-6-14(11-18(15)19(16)12-17)13-4-2-1-3-5-13/h5-13,15-16H,14H2,1-4H3;1-9,11-12H,10H2. The monoisotopic (exact) mass is 688 g/mol. The van der Waals surface area contributed by atoms with Crippen LogP contribution in [-0.2, 0) is 22.2 Å². The SMILES string of the molecule is Brc1ccc2c(c1)-c1cc(-c3ccccc3)ccc1C2.CC1(C)OB(c2ccc3c(c2)-c2cc(-c4ccccc4)ccc2C3)OC1(C)C. The van der Waals surface area contributed by atoms with Crippen LogP contribution in [0.4, 0.5) is 0 Å². The highest BCUT2D eigenvalue weighted by Crippen LogP contribution is 2.42. The second kappa shape index (κ2) is 12.0. The number of rotatable bonds is 3. The predicted octanol–water partition coefficient (Wildman–Crippen LogP) is 10.9.